The van der Waals surface area contributed by atoms with Crippen LogP contribution in [0.2, 0.25) is 0 Å². The van der Waals surface area contributed by atoms with E-state index in [0.717, 1.165) is 0 Å². The second kappa shape index (κ2) is 4.37. The molecule has 0 amide bonds. The quantitative estimate of drug-likeness (QED) is 0.659. The van der Waals surface area contributed by atoms with E-state index in [9.17, 15) is 9.90 Å². The number of H-pyrrole nitrogens is 1. The van der Waals surface area contributed by atoms with E-state index in [2.05, 4.69) is 20.3 Å². The first-order valence-electron chi connectivity index (χ1n) is 5.48. The number of hydrogen-bond acceptors (Lipinski definition) is 5. The molecule has 2 heterocycles. The molecule has 1 aromatic carbocycles. The normalized spacial score (nSPS) is 11.4. The number of aromatic hydroxyl groups is 1. The molecule has 0 bridgehead atoms. The predicted molar refractivity (Wildman–Crippen MR) is 69.2 cm³/mol. The molecule has 3 aromatic rings. The van der Waals surface area contributed by atoms with Crippen LogP contribution in [0.4, 0.5) is 0 Å². The molecule has 2 aromatic heterocycles. The van der Waals surface area contributed by atoms with Gasteiger partial charge in [0.05, 0.1) is 11.7 Å². The van der Waals surface area contributed by atoms with Crippen molar-refractivity contribution in [2.75, 3.05) is 0 Å². The Kier molecular flexibility index (Phi) is 2.57. The van der Waals surface area contributed by atoms with Crippen molar-refractivity contribution >= 4 is 17.1 Å². The van der Waals surface area contributed by atoms with Gasteiger partial charge in [0.1, 0.15) is 24.0 Å². The van der Waals surface area contributed by atoms with E-state index >= 15 is 0 Å². The maximum absolute atomic E-state index is 11.9. The van der Waals surface area contributed by atoms with Crippen LogP contribution in [-0.2, 0) is 0 Å². The van der Waals surface area contributed by atoms with E-state index in [0.29, 0.717) is 10.9 Å². The average molecular weight is 255 g/mol. The van der Waals surface area contributed by atoms with Gasteiger partial charge >= 0.3 is 0 Å². The van der Waals surface area contributed by atoms with Gasteiger partial charge in [0.25, 0.3) is 5.56 Å². The van der Waals surface area contributed by atoms with E-state index in [1.54, 1.807) is 24.3 Å². The first-order valence-corrected chi connectivity index (χ1v) is 5.48. The number of benzene rings is 1. The molecule has 0 unspecified atom stereocenters. The molecule has 2 N–H and O–H groups in total. The maximum atomic E-state index is 11.9. The fourth-order valence-electron chi connectivity index (χ4n) is 1.74. The highest BCUT2D eigenvalue weighted by molar-refractivity contribution is 5.94. The number of nitrogens with one attached hydrogen (secondary N) is 1. The van der Waals surface area contributed by atoms with Crippen molar-refractivity contribution in [1.82, 2.24) is 19.9 Å². The van der Waals surface area contributed by atoms with Crippen molar-refractivity contribution in [3.05, 3.63) is 52.8 Å². The van der Waals surface area contributed by atoms with Gasteiger partial charge in [0, 0.05) is 5.39 Å². The van der Waals surface area contributed by atoms with Gasteiger partial charge < -0.3 is 10.1 Å². The van der Waals surface area contributed by atoms with Crippen molar-refractivity contribution in [3.8, 4) is 5.75 Å². The first-order chi connectivity index (χ1) is 9.25. The number of aromatic nitrogens is 4. The molecule has 0 saturated heterocycles. The van der Waals surface area contributed by atoms with Crippen LogP contribution in [0.3, 0.4) is 0 Å². The summed E-state index contributed by atoms with van der Waals surface area (Å²) < 4.78 is 1.33. The molecule has 0 atom stereocenters. The highest BCUT2D eigenvalue weighted by atomic mass is 16.3. The highest BCUT2D eigenvalue weighted by Crippen LogP contribution is 2.23. The van der Waals surface area contributed by atoms with Crippen LogP contribution in [-0.4, -0.2) is 31.2 Å². The molecule has 0 aliphatic rings. The molecule has 7 nitrogen and oxygen atoms in total. The summed E-state index contributed by atoms with van der Waals surface area (Å²) in [6.07, 6.45) is 4.02. The Balaban J connectivity index is 2.16. The first kappa shape index (κ1) is 11.1. The maximum Gasteiger partial charge on any atom is 0.261 e. The monoisotopic (exact) mass is 255 g/mol. The van der Waals surface area contributed by atoms with E-state index in [4.69, 9.17) is 0 Å². The molecule has 3 rings (SSSR count). The Morgan fingerprint density at radius 1 is 1.26 bits per heavy atom. The number of nitrogens with zero attached hydrogens (tertiary/aromatic N) is 4. The van der Waals surface area contributed by atoms with Gasteiger partial charge in [0.15, 0.2) is 0 Å². The summed E-state index contributed by atoms with van der Waals surface area (Å²) in [6, 6.07) is 7.00. The van der Waals surface area contributed by atoms with E-state index in [-0.39, 0.29) is 11.3 Å². The van der Waals surface area contributed by atoms with Gasteiger partial charge in [-0.2, -0.15) is 5.10 Å². The molecule has 0 spiro atoms. The Labute approximate surface area is 106 Å². The van der Waals surface area contributed by atoms with Gasteiger partial charge in [-0.25, -0.2) is 4.68 Å². The zero-order valence-electron chi connectivity index (χ0n) is 9.69. The zero-order chi connectivity index (χ0) is 13.2. The van der Waals surface area contributed by atoms with E-state index in [1.165, 1.54) is 23.5 Å². The van der Waals surface area contributed by atoms with Crippen LogP contribution in [0.15, 0.2) is 46.8 Å². The van der Waals surface area contributed by atoms with Crippen LogP contribution in [0.1, 0.15) is 5.56 Å². The van der Waals surface area contributed by atoms with Crippen molar-refractivity contribution in [3.63, 3.8) is 0 Å². The predicted octanol–water partition coefficient (Wildman–Crippen LogP) is 0.707. The summed E-state index contributed by atoms with van der Waals surface area (Å²) in [5.74, 6) is -0.101. The van der Waals surface area contributed by atoms with Gasteiger partial charge in [0.2, 0.25) is 0 Å². The van der Waals surface area contributed by atoms with Crippen LogP contribution in [0, 0.1) is 0 Å². The number of hydrogen-bond donors (Lipinski definition) is 2. The lowest BCUT2D eigenvalue weighted by Gasteiger charge is -2.03. The lowest BCUT2D eigenvalue weighted by Crippen LogP contribution is -2.12. The van der Waals surface area contributed by atoms with Crippen LogP contribution < -0.4 is 5.56 Å². The molecule has 0 aliphatic carbocycles. The van der Waals surface area contributed by atoms with Crippen molar-refractivity contribution in [1.29, 1.82) is 0 Å². The van der Waals surface area contributed by atoms with E-state index in [1.807, 2.05) is 0 Å². The standard InChI is InChI=1S/C12H9N5O2/c18-11-8-3-1-2-4-10(8)16-12(19)9(11)5-15-17-6-13-14-7-17/h1-7H,(H2,16,18,19)/b15-5+. The Morgan fingerprint density at radius 3 is 2.79 bits per heavy atom. The summed E-state index contributed by atoms with van der Waals surface area (Å²) >= 11 is 0. The lowest BCUT2D eigenvalue weighted by atomic mass is 10.1. The fourth-order valence-corrected chi connectivity index (χ4v) is 1.74. The van der Waals surface area contributed by atoms with Crippen molar-refractivity contribution < 1.29 is 5.11 Å². The smallest absolute Gasteiger partial charge is 0.261 e. The van der Waals surface area contributed by atoms with E-state index < -0.39 is 5.56 Å². The third-order valence-corrected chi connectivity index (χ3v) is 2.66. The van der Waals surface area contributed by atoms with Crippen LogP contribution >= 0.6 is 0 Å². The minimum absolute atomic E-state index is 0.0902. The van der Waals surface area contributed by atoms with Crippen LogP contribution in [0.25, 0.3) is 10.9 Å². The third kappa shape index (κ3) is 1.97. The van der Waals surface area contributed by atoms with Crippen LogP contribution in [0.5, 0.6) is 5.75 Å². The molecule has 19 heavy (non-hydrogen) atoms. The average Bonchev–Trinajstić information content (AvgIpc) is 2.92. The number of para-hydroxylation sites is 1. The Bertz CT molecular complexity index is 805. The van der Waals surface area contributed by atoms with Gasteiger partial charge in [-0.1, -0.05) is 12.1 Å². The minimum atomic E-state index is -0.409. The lowest BCUT2D eigenvalue weighted by molar-refractivity contribution is 0.479. The molecule has 0 saturated carbocycles. The van der Waals surface area contributed by atoms with Gasteiger partial charge in [-0.05, 0) is 12.1 Å². The number of aromatic amines is 1. The largest absolute Gasteiger partial charge is 0.506 e. The Hall–Kier alpha value is -2.96. The highest BCUT2D eigenvalue weighted by Gasteiger charge is 2.09. The third-order valence-electron chi connectivity index (χ3n) is 2.66. The number of pyridine rings is 1. The summed E-state index contributed by atoms with van der Waals surface area (Å²) in [7, 11) is 0. The molecular formula is C12H9N5O2. The molecule has 94 valence electrons. The molecule has 7 heteroatoms. The summed E-state index contributed by atoms with van der Waals surface area (Å²) in [4.78, 5) is 14.5. The summed E-state index contributed by atoms with van der Waals surface area (Å²) in [5.41, 5.74) is 0.256. The molecular weight excluding hydrogens is 246 g/mol. The topological polar surface area (TPSA) is 96.2 Å². The summed E-state index contributed by atoms with van der Waals surface area (Å²) in [6.45, 7) is 0. The van der Waals surface area contributed by atoms with Gasteiger partial charge in [-0.3, -0.25) is 4.79 Å². The number of rotatable bonds is 2. The second-order valence-electron chi connectivity index (χ2n) is 3.85. The van der Waals surface area contributed by atoms with Crippen molar-refractivity contribution in [2.24, 2.45) is 5.10 Å². The molecule has 0 fully saturated rings. The zero-order valence-corrected chi connectivity index (χ0v) is 9.69. The molecule has 0 aliphatic heterocycles. The Morgan fingerprint density at radius 2 is 2.00 bits per heavy atom. The fraction of sp³-hybridized carbons (Fsp3) is 0. The second-order valence-corrected chi connectivity index (χ2v) is 3.85. The number of fused-ring (bicyclic) bond motifs is 1. The van der Waals surface area contributed by atoms with Gasteiger partial charge in [-0.15, -0.1) is 10.2 Å². The minimum Gasteiger partial charge on any atom is -0.506 e. The van der Waals surface area contributed by atoms with Crippen molar-refractivity contribution in [2.45, 2.75) is 0 Å². The molecule has 0 radical (unpaired) electrons. The SMILES string of the molecule is O=c1[nH]c2ccccc2c(O)c1/C=N/n1cnnc1. The summed E-state index contributed by atoms with van der Waals surface area (Å²) in [5, 5.41) is 21.8.